The van der Waals surface area contributed by atoms with E-state index >= 15 is 0 Å². The summed E-state index contributed by atoms with van der Waals surface area (Å²) in [5, 5.41) is 0.804. The summed E-state index contributed by atoms with van der Waals surface area (Å²) in [7, 11) is 2.59. The maximum atomic E-state index is 11.8. The number of pyridine rings is 1. The van der Waals surface area contributed by atoms with Crippen molar-refractivity contribution in [3.05, 3.63) is 24.4 Å². The Kier molecular flexibility index (Phi) is 5.02. The molecular formula is C12H12N2O4S2. The van der Waals surface area contributed by atoms with Crippen molar-refractivity contribution >= 4 is 39.4 Å². The van der Waals surface area contributed by atoms with Crippen LogP contribution in [0.15, 0.2) is 29.4 Å². The van der Waals surface area contributed by atoms with Crippen molar-refractivity contribution in [3.8, 4) is 0 Å². The minimum atomic E-state index is -0.623. The molecule has 1 aromatic heterocycles. The minimum absolute atomic E-state index is 0.0936. The van der Waals surface area contributed by atoms with Crippen molar-refractivity contribution in [3.63, 3.8) is 0 Å². The first-order chi connectivity index (χ1) is 9.58. The number of hydrogen-bond acceptors (Lipinski definition) is 7. The van der Waals surface area contributed by atoms with Crippen LogP contribution in [0.3, 0.4) is 0 Å². The Morgan fingerprint density at radius 2 is 2.05 bits per heavy atom. The number of hydroxylamine groups is 2. The molecule has 8 heteroatoms. The van der Waals surface area contributed by atoms with Crippen LogP contribution in [0.1, 0.15) is 19.8 Å². The number of hydrogen-bond donors (Lipinski definition) is 0. The predicted octanol–water partition coefficient (Wildman–Crippen LogP) is 1.82. The number of imide groups is 1. The van der Waals surface area contributed by atoms with Gasteiger partial charge in [0.2, 0.25) is 0 Å². The van der Waals surface area contributed by atoms with Crippen LogP contribution in [0.2, 0.25) is 0 Å². The van der Waals surface area contributed by atoms with E-state index < -0.39 is 23.0 Å². The first-order valence-electron chi connectivity index (χ1n) is 5.90. The summed E-state index contributed by atoms with van der Waals surface area (Å²) in [4.78, 5) is 43.4. The lowest BCUT2D eigenvalue weighted by atomic mass is 10.4. The van der Waals surface area contributed by atoms with Gasteiger partial charge in [0.05, 0.1) is 0 Å². The van der Waals surface area contributed by atoms with Gasteiger partial charge in [-0.1, -0.05) is 16.9 Å². The van der Waals surface area contributed by atoms with Gasteiger partial charge >= 0.3 is 5.97 Å². The van der Waals surface area contributed by atoms with Crippen LogP contribution in [-0.2, 0) is 19.2 Å². The molecule has 6 nitrogen and oxygen atoms in total. The summed E-state index contributed by atoms with van der Waals surface area (Å²) in [5.41, 5.74) is 0. The molecule has 1 aliphatic rings. The van der Waals surface area contributed by atoms with Crippen LogP contribution >= 0.6 is 21.6 Å². The summed E-state index contributed by atoms with van der Waals surface area (Å²) < 4.78 is 0. The number of carbonyl (C=O) groups is 3. The zero-order chi connectivity index (χ0) is 14.5. The third-order valence-corrected chi connectivity index (χ3v) is 5.09. The smallest absolute Gasteiger partial charge is 0.329 e. The van der Waals surface area contributed by atoms with E-state index in [2.05, 4.69) is 4.98 Å². The zero-order valence-corrected chi connectivity index (χ0v) is 12.3. The third-order valence-electron chi connectivity index (χ3n) is 2.43. The van der Waals surface area contributed by atoms with E-state index in [9.17, 15) is 14.4 Å². The molecule has 0 N–H and O–H groups in total. The lowest BCUT2D eigenvalue weighted by Crippen LogP contribution is -2.34. The Labute approximate surface area is 123 Å². The standard InChI is InChI=1S/C12H12N2O4S2/c1-8(19-20-9-4-2-3-7-13-9)12(17)18-14-10(15)5-6-11(14)16/h2-4,7-8H,5-6H2,1H3. The van der Waals surface area contributed by atoms with E-state index in [0.29, 0.717) is 5.06 Å². The van der Waals surface area contributed by atoms with Crippen LogP contribution in [0.4, 0.5) is 0 Å². The van der Waals surface area contributed by atoms with Gasteiger partial charge in [-0.3, -0.25) is 9.59 Å². The van der Waals surface area contributed by atoms with E-state index in [1.807, 2.05) is 12.1 Å². The lowest BCUT2D eigenvalue weighted by Gasteiger charge is -2.15. The average Bonchev–Trinajstić information content (AvgIpc) is 2.77. The molecular weight excluding hydrogens is 300 g/mol. The monoisotopic (exact) mass is 312 g/mol. The van der Waals surface area contributed by atoms with Crippen LogP contribution in [0, 0.1) is 0 Å². The predicted molar refractivity (Wildman–Crippen MR) is 74.3 cm³/mol. The highest BCUT2D eigenvalue weighted by Crippen LogP contribution is 2.33. The number of amides is 2. The molecule has 0 bridgehead atoms. The summed E-state index contributed by atoms with van der Waals surface area (Å²) in [5.74, 6) is -1.57. The molecule has 0 radical (unpaired) electrons. The molecule has 1 unspecified atom stereocenters. The van der Waals surface area contributed by atoms with Crippen molar-refractivity contribution in [2.75, 3.05) is 0 Å². The molecule has 106 valence electrons. The van der Waals surface area contributed by atoms with Gasteiger partial charge < -0.3 is 4.84 Å². The van der Waals surface area contributed by atoms with E-state index in [-0.39, 0.29) is 12.8 Å². The fourth-order valence-electron chi connectivity index (χ4n) is 1.38. The van der Waals surface area contributed by atoms with Gasteiger partial charge in [0.25, 0.3) is 11.8 Å². The van der Waals surface area contributed by atoms with Crippen LogP contribution in [-0.4, -0.2) is 33.1 Å². The molecule has 1 aliphatic heterocycles. The fourth-order valence-corrected chi connectivity index (χ4v) is 3.24. The van der Waals surface area contributed by atoms with Crippen molar-refractivity contribution in [2.24, 2.45) is 0 Å². The Balaban J connectivity index is 1.83. The van der Waals surface area contributed by atoms with Gasteiger partial charge in [-0.05, 0) is 29.9 Å². The van der Waals surface area contributed by atoms with E-state index in [0.717, 1.165) is 5.03 Å². The van der Waals surface area contributed by atoms with Gasteiger partial charge in [0.15, 0.2) is 0 Å². The number of aromatic nitrogens is 1. The fraction of sp³-hybridized carbons (Fsp3) is 0.333. The zero-order valence-electron chi connectivity index (χ0n) is 10.6. The molecule has 0 aliphatic carbocycles. The summed E-state index contributed by atoms with van der Waals surface area (Å²) in [6.45, 7) is 1.65. The molecule has 2 amide bonds. The Morgan fingerprint density at radius 3 is 2.65 bits per heavy atom. The number of carbonyl (C=O) groups excluding carboxylic acids is 3. The molecule has 20 heavy (non-hydrogen) atoms. The van der Waals surface area contributed by atoms with Gasteiger partial charge in [0, 0.05) is 19.0 Å². The third kappa shape index (κ3) is 3.73. The maximum Gasteiger partial charge on any atom is 0.346 e. The van der Waals surface area contributed by atoms with Gasteiger partial charge in [-0.15, -0.1) is 5.06 Å². The molecule has 2 heterocycles. The number of nitrogens with zero attached hydrogens (tertiary/aromatic N) is 2. The highest BCUT2D eigenvalue weighted by Gasteiger charge is 2.34. The second-order valence-electron chi connectivity index (χ2n) is 3.98. The van der Waals surface area contributed by atoms with E-state index in [1.54, 1.807) is 19.2 Å². The van der Waals surface area contributed by atoms with Gasteiger partial charge in [-0.2, -0.15) is 0 Å². The van der Waals surface area contributed by atoms with Crippen molar-refractivity contribution < 1.29 is 19.2 Å². The average molecular weight is 312 g/mol. The molecule has 0 aromatic carbocycles. The van der Waals surface area contributed by atoms with Crippen LogP contribution < -0.4 is 0 Å². The van der Waals surface area contributed by atoms with Crippen molar-refractivity contribution in [1.82, 2.24) is 10.0 Å². The Hall–Kier alpha value is -1.54. The second-order valence-corrected chi connectivity index (χ2v) is 6.54. The van der Waals surface area contributed by atoms with Crippen molar-refractivity contribution in [2.45, 2.75) is 30.0 Å². The molecule has 1 aromatic rings. The summed E-state index contributed by atoms with van der Waals surface area (Å²) in [6.07, 6.45) is 1.85. The topological polar surface area (TPSA) is 76.6 Å². The van der Waals surface area contributed by atoms with Crippen LogP contribution in [0.5, 0.6) is 0 Å². The molecule has 1 atom stereocenters. The highest BCUT2D eigenvalue weighted by atomic mass is 33.1. The molecule has 2 rings (SSSR count). The SMILES string of the molecule is CC(SSc1ccccn1)C(=O)ON1C(=O)CCC1=O. The largest absolute Gasteiger partial charge is 0.346 e. The molecule has 1 saturated heterocycles. The van der Waals surface area contributed by atoms with Gasteiger partial charge in [0.1, 0.15) is 10.3 Å². The maximum absolute atomic E-state index is 11.8. The first-order valence-corrected chi connectivity index (χ1v) is 8.11. The van der Waals surface area contributed by atoms with E-state index in [1.165, 1.54) is 21.6 Å². The highest BCUT2D eigenvalue weighted by molar-refractivity contribution is 8.77. The van der Waals surface area contributed by atoms with Crippen molar-refractivity contribution in [1.29, 1.82) is 0 Å². The Morgan fingerprint density at radius 1 is 1.35 bits per heavy atom. The normalized spacial score (nSPS) is 16.4. The minimum Gasteiger partial charge on any atom is -0.329 e. The first kappa shape index (κ1) is 14.9. The molecule has 0 saturated carbocycles. The molecule has 1 fully saturated rings. The second kappa shape index (κ2) is 6.76. The van der Waals surface area contributed by atoms with E-state index in [4.69, 9.17) is 4.84 Å². The van der Waals surface area contributed by atoms with Gasteiger partial charge in [-0.25, -0.2) is 9.78 Å². The summed E-state index contributed by atoms with van der Waals surface area (Å²) in [6, 6.07) is 5.47. The summed E-state index contributed by atoms with van der Waals surface area (Å²) >= 11 is 0. The molecule has 0 spiro atoms. The number of rotatable bonds is 5. The van der Waals surface area contributed by atoms with Crippen LogP contribution in [0.25, 0.3) is 0 Å². The Bertz CT molecular complexity index is 507. The quantitative estimate of drug-likeness (QED) is 0.606. The lowest BCUT2D eigenvalue weighted by molar-refractivity contribution is -0.196.